The van der Waals surface area contributed by atoms with Crippen LogP contribution < -0.4 is 0 Å². The van der Waals surface area contributed by atoms with Gasteiger partial charge in [-0.1, -0.05) is 51.1 Å². The zero-order valence-corrected chi connectivity index (χ0v) is 17.4. The normalized spacial score (nSPS) is 23.2. The maximum atomic E-state index is 13.2. The fourth-order valence-corrected chi connectivity index (χ4v) is 3.29. The second-order valence-corrected chi connectivity index (χ2v) is 9.07. The number of carbonyl (C=O) groups is 2. The van der Waals surface area contributed by atoms with Gasteiger partial charge >= 0.3 is 12.1 Å². The Hall–Kier alpha value is -2.08. The molecule has 1 aromatic rings. The highest BCUT2D eigenvalue weighted by molar-refractivity contribution is 5.87. The van der Waals surface area contributed by atoms with Crippen LogP contribution in [-0.2, 0) is 25.4 Å². The first kappa shape index (κ1) is 21.2. The smallest absolute Gasteiger partial charge is 0.413 e. The van der Waals surface area contributed by atoms with Gasteiger partial charge in [-0.15, -0.1) is 0 Å². The summed E-state index contributed by atoms with van der Waals surface area (Å²) in [5.74, 6) is -0.510. The van der Waals surface area contributed by atoms with Crippen LogP contribution in [0.25, 0.3) is 0 Å². The Morgan fingerprint density at radius 3 is 2.22 bits per heavy atom. The van der Waals surface area contributed by atoms with E-state index in [2.05, 4.69) is 0 Å². The largest absolute Gasteiger partial charge is 0.467 e. The van der Waals surface area contributed by atoms with E-state index in [1.165, 1.54) is 12.0 Å². The van der Waals surface area contributed by atoms with Crippen LogP contribution in [0.2, 0.25) is 0 Å². The lowest BCUT2D eigenvalue weighted by Crippen LogP contribution is -2.61. The Bertz CT molecular complexity index is 674. The van der Waals surface area contributed by atoms with Gasteiger partial charge in [-0.25, -0.2) is 9.59 Å². The van der Waals surface area contributed by atoms with Gasteiger partial charge in [0.1, 0.15) is 11.8 Å². The SMILES string of the molecule is COC(=O)[C@]1(Cc2ccccc2)CO[C@H](C(C)(C)C)N1C(=O)OC(C)(C)C. The first-order valence-electron chi connectivity index (χ1n) is 9.17. The van der Waals surface area contributed by atoms with Crippen molar-refractivity contribution in [3.05, 3.63) is 35.9 Å². The Morgan fingerprint density at radius 1 is 1.15 bits per heavy atom. The van der Waals surface area contributed by atoms with Crippen molar-refractivity contribution in [2.45, 2.75) is 65.3 Å². The molecule has 150 valence electrons. The molecule has 1 heterocycles. The minimum atomic E-state index is -1.28. The van der Waals surface area contributed by atoms with E-state index in [4.69, 9.17) is 14.2 Å². The summed E-state index contributed by atoms with van der Waals surface area (Å²) in [6.45, 7) is 11.3. The van der Waals surface area contributed by atoms with Crippen molar-refractivity contribution in [2.75, 3.05) is 13.7 Å². The van der Waals surface area contributed by atoms with Gasteiger partial charge < -0.3 is 14.2 Å². The third-order valence-electron chi connectivity index (χ3n) is 4.41. The number of carbonyl (C=O) groups excluding carboxylic acids is 2. The van der Waals surface area contributed by atoms with Gasteiger partial charge in [0.2, 0.25) is 0 Å². The Morgan fingerprint density at radius 2 is 1.74 bits per heavy atom. The van der Waals surface area contributed by atoms with E-state index >= 15 is 0 Å². The van der Waals surface area contributed by atoms with Crippen molar-refractivity contribution in [2.24, 2.45) is 5.41 Å². The summed E-state index contributed by atoms with van der Waals surface area (Å²) in [4.78, 5) is 27.5. The van der Waals surface area contributed by atoms with Gasteiger partial charge in [-0.2, -0.15) is 0 Å². The summed E-state index contributed by atoms with van der Waals surface area (Å²) in [5.41, 5.74) is -1.48. The number of nitrogens with zero attached hydrogens (tertiary/aromatic N) is 1. The second-order valence-electron chi connectivity index (χ2n) is 9.07. The molecule has 6 nitrogen and oxygen atoms in total. The second kappa shape index (κ2) is 7.50. The highest BCUT2D eigenvalue weighted by Gasteiger charge is 2.59. The Balaban J connectivity index is 2.53. The number of hydrogen-bond acceptors (Lipinski definition) is 5. The number of rotatable bonds is 3. The van der Waals surface area contributed by atoms with Crippen molar-refractivity contribution in [3.8, 4) is 0 Å². The van der Waals surface area contributed by atoms with Gasteiger partial charge in [0.05, 0.1) is 13.7 Å². The van der Waals surface area contributed by atoms with Crippen molar-refractivity contribution in [1.82, 2.24) is 4.90 Å². The molecule has 1 fully saturated rings. The molecule has 0 bridgehead atoms. The molecule has 1 aliphatic rings. The quantitative estimate of drug-likeness (QED) is 0.750. The number of amides is 1. The fraction of sp³-hybridized carbons (Fsp3) is 0.619. The molecular formula is C21H31NO5. The monoisotopic (exact) mass is 377 g/mol. The van der Waals surface area contributed by atoms with Crippen molar-refractivity contribution < 1.29 is 23.8 Å². The van der Waals surface area contributed by atoms with E-state index in [0.29, 0.717) is 0 Å². The molecule has 0 saturated carbocycles. The third kappa shape index (κ3) is 4.61. The Labute approximate surface area is 161 Å². The summed E-state index contributed by atoms with van der Waals surface area (Å²) in [6, 6.07) is 9.54. The van der Waals surface area contributed by atoms with Gasteiger partial charge in [-0.3, -0.25) is 4.90 Å². The zero-order chi connectivity index (χ0) is 20.5. The minimum Gasteiger partial charge on any atom is -0.467 e. The molecule has 0 aliphatic carbocycles. The van der Waals surface area contributed by atoms with Crippen LogP contribution in [0, 0.1) is 5.41 Å². The standard InChI is InChI=1S/C21H31NO5/c1-19(2,3)16-22(18(24)27-20(4,5)6)21(14-26-16,17(23)25-7)13-15-11-9-8-10-12-15/h8-12,16H,13-14H2,1-7H3/t16-,21+/m1/s1. The van der Waals surface area contributed by atoms with E-state index < -0.39 is 34.8 Å². The highest BCUT2D eigenvalue weighted by Crippen LogP contribution is 2.40. The molecule has 0 aromatic heterocycles. The van der Waals surface area contributed by atoms with Crippen molar-refractivity contribution >= 4 is 12.1 Å². The lowest BCUT2D eigenvalue weighted by Gasteiger charge is -2.41. The predicted octanol–water partition coefficient (Wildman–Crippen LogP) is 3.78. The number of ether oxygens (including phenoxy) is 3. The van der Waals surface area contributed by atoms with Gasteiger partial charge in [0, 0.05) is 11.8 Å². The van der Waals surface area contributed by atoms with E-state index in [9.17, 15) is 9.59 Å². The average molecular weight is 377 g/mol. The van der Waals surface area contributed by atoms with Crippen LogP contribution >= 0.6 is 0 Å². The van der Waals surface area contributed by atoms with Crippen molar-refractivity contribution in [3.63, 3.8) is 0 Å². The molecule has 1 amide bonds. The Kier molecular flexibility index (Phi) is 5.90. The summed E-state index contributed by atoms with van der Waals surface area (Å²) < 4.78 is 16.7. The molecule has 2 rings (SSSR count). The van der Waals surface area contributed by atoms with Crippen LogP contribution in [0.15, 0.2) is 30.3 Å². The van der Waals surface area contributed by atoms with Gasteiger partial charge in [-0.05, 0) is 26.3 Å². The molecular weight excluding hydrogens is 346 g/mol. The zero-order valence-electron chi connectivity index (χ0n) is 17.4. The lowest BCUT2D eigenvalue weighted by molar-refractivity contribution is -0.154. The fourth-order valence-electron chi connectivity index (χ4n) is 3.29. The molecule has 0 spiro atoms. The minimum absolute atomic E-state index is 0.0513. The first-order chi connectivity index (χ1) is 12.4. The van der Waals surface area contributed by atoms with Gasteiger partial charge in [0.25, 0.3) is 0 Å². The van der Waals surface area contributed by atoms with Crippen LogP contribution in [0.5, 0.6) is 0 Å². The molecule has 0 N–H and O–H groups in total. The topological polar surface area (TPSA) is 65.1 Å². The highest BCUT2D eigenvalue weighted by atomic mass is 16.6. The maximum Gasteiger partial charge on any atom is 0.413 e. The summed E-state index contributed by atoms with van der Waals surface area (Å²) in [7, 11) is 1.33. The van der Waals surface area contributed by atoms with Gasteiger partial charge in [0.15, 0.2) is 5.54 Å². The van der Waals surface area contributed by atoms with Crippen LogP contribution in [-0.4, -0.2) is 48.0 Å². The third-order valence-corrected chi connectivity index (χ3v) is 4.41. The van der Waals surface area contributed by atoms with Crippen LogP contribution in [0.3, 0.4) is 0 Å². The summed E-state index contributed by atoms with van der Waals surface area (Å²) >= 11 is 0. The summed E-state index contributed by atoms with van der Waals surface area (Å²) in [5, 5.41) is 0. The van der Waals surface area contributed by atoms with E-state index in [1.54, 1.807) is 20.8 Å². The molecule has 1 aliphatic heterocycles. The predicted molar refractivity (Wildman–Crippen MR) is 102 cm³/mol. The number of methoxy groups -OCH3 is 1. The van der Waals surface area contributed by atoms with E-state index in [-0.39, 0.29) is 13.0 Å². The molecule has 2 atom stereocenters. The molecule has 0 unspecified atom stereocenters. The average Bonchev–Trinajstić information content (AvgIpc) is 2.94. The summed E-state index contributed by atoms with van der Waals surface area (Å²) in [6.07, 6.45) is -0.914. The molecule has 0 radical (unpaired) electrons. The molecule has 1 aromatic carbocycles. The number of esters is 1. The van der Waals surface area contributed by atoms with Crippen LogP contribution in [0.1, 0.15) is 47.1 Å². The maximum absolute atomic E-state index is 13.2. The molecule has 27 heavy (non-hydrogen) atoms. The lowest BCUT2D eigenvalue weighted by atomic mass is 9.87. The molecule has 6 heteroatoms. The molecule has 1 saturated heterocycles. The van der Waals surface area contributed by atoms with E-state index in [1.807, 2.05) is 51.1 Å². The number of benzene rings is 1. The van der Waals surface area contributed by atoms with Crippen molar-refractivity contribution in [1.29, 1.82) is 0 Å². The first-order valence-corrected chi connectivity index (χ1v) is 9.17. The van der Waals surface area contributed by atoms with E-state index in [0.717, 1.165) is 5.56 Å². The van der Waals surface area contributed by atoms with Crippen LogP contribution in [0.4, 0.5) is 4.79 Å². The number of hydrogen-bond donors (Lipinski definition) is 0.